The maximum absolute atomic E-state index is 13.6. The molecule has 0 bridgehead atoms. The lowest BCUT2D eigenvalue weighted by Gasteiger charge is -2.21. The molecule has 228 valence electrons. The first kappa shape index (κ1) is 30.3. The van der Waals surface area contributed by atoms with E-state index in [0.29, 0.717) is 18.4 Å². The monoisotopic (exact) mass is 605 g/mol. The zero-order valence-electron chi connectivity index (χ0n) is 24.3. The number of ether oxygens (including phenoxy) is 1. The molecule has 1 unspecified atom stereocenters. The van der Waals surface area contributed by atoms with Crippen LogP contribution in [0, 0.1) is 18.6 Å². The van der Waals surface area contributed by atoms with E-state index >= 15 is 0 Å². The van der Waals surface area contributed by atoms with Crippen LogP contribution in [0.2, 0.25) is 0 Å². The highest BCUT2D eigenvalue weighted by Gasteiger charge is 2.30. The van der Waals surface area contributed by atoms with Gasteiger partial charge in [-0.1, -0.05) is 12.1 Å². The summed E-state index contributed by atoms with van der Waals surface area (Å²) in [5, 5.41) is 19.1. The van der Waals surface area contributed by atoms with E-state index in [1.807, 2.05) is 6.92 Å². The number of halogens is 2. The molecule has 2 aromatic carbocycles. The van der Waals surface area contributed by atoms with Crippen LogP contribution in [-0.4, -0.2) is 49.1 Å². The molecule has 0 aliphatic heterocycles. The molecule has 5 rings (SSSR count). The summed E-state index contributed by atoms with van der Waals surface area (Å²) in [7, 11) is 0. The Bertz CT molecular complexity index is 1850. The molecule has 0 fully saturated rings. The highest BCUT2D eigenvalue weighted by Crippen LogP contribution is 2.35. The van der Waals surface area contributed by atoms with E-state index < -0.39 is 47.0 Å². The molecular formula is C31H29F2N5O6. The van der Waals surface area contributed by atoms with E-state index in [0.717, 1.165) is 39.5 Å². The molecule has 4 aromatic rings. The number of hydrogen-bond acceptors (Lipinski definition) is 7. The molecule has 0 spiro atoms. The van der Waals surface area contributed by atoms with Crippen LogP contribution >= 0.6 is 0 Å². The molecule has 1 aliphatic carbocycles. The predicted molar refractivity (Wildman–Crippen MR) is 152 cm³/mol. The third-order valence-electron chi connectivity index (χ3n) is 7.22. The number of carbonyl (C=O) groups excluding carboxylic acids is 3. The Hall–Kier alpha value is -5.20. The van der Waals surface area contributed by atoms with Gasteiger partial charge >= 0.3 is 11.9 Å². The van der Waals surface area contributed by atoms with E-state index in [1.165, 1.54) is 12.1 Å². The number of carboxylic acid groups (broad SMARTS) is 1. The maximum Gasteiger partial charge on any atom is 0.341 e. The lowest BCUT2D eigenvalue weighted by Crippen LogP contribution is -2.31. The molecular weight excluding hydrogens is 576 g/mol. The standard InChI is InChI=1S/C31H29F2N5O6/c1-15-17-8-10-23(19(17)7-6-18(15)30(43)44-31(2,3)4)37-28(40)25-12-24(36-26-20(29(41)42)14-35-38(25)26)27(39)34-13-16-5-9-21(32)22(33)11-16/h5-7,9,11-12,14,23H,8,10,13H2,1-4H3,(H,34,39)(H,37,40)(H,41,42). The number of carboxylic acids is 1. The summed E-state index contributed by atoms with van der Waals surface area (Å²) >= 11 is 0. The van der Waals surface area contributed by atoms with Crippen molar-refractivity contribution in [2.24, 2.45) is 0 Å². The van der Waals surface area contributed by atoms with Gasteiger partial charge in [-0.25, -0.2) is 27.9 Å². The Morgan fingerprint density at radius 2 is 1.80 bits per heavy atom. The predicted octanol–water partition coefficient (Wildman–Crippen LogP) is 4.32. The number of aromatic carboxylic acids is 1. The molecule has 0 radical (unpaired) electrons. The minimum Gasteiger partial charge on any atom is -0.477 e. The van der Waals surface area contributed by atoms with Gasteiger partial charge < -0.3 is 20.5 Å². The largest absolute Gasteiger partial charge is 0.477 e. The zero-order valence-corrected chi connectivity index (χ0v) is 24.3. The fraction of sp³-hybridized carbons (Fsp3) is 0.290. The van der Waals surface area contributed by atoms with E-state index in [-0.39, 0.29) is 34.7 Å². The maximum atomic E-state index is 13.6. The van der Waals surface area contributed by atoms with Crippen LogP contribution in [0.1, 0.15) is 97.2 Å². The smallest absolute Gasteiger partial charge is 0.341 e. The van der Waals surface area contributed by atoms with Crippen molar-refractivity contribution in [2.75, 3.05) is 0 Å². The highest BCUT2D eigenvalue weighted by molar-refractivity contribution is 6.01. The number of aromatic nitrogens is 3. The molecule has 44 heavy (non-hydrogen) atoms. The van der Waals surface area contributed by atoms with Crippen molar-refractivity contribution in [3.8, 4) is 0 Å². The first-order chi connectivity index (χ1) is 20.7. The van der Waals surface area contributed by atoms with Crippen molar-refractivity contribution in [2.45, 2.75) is 58.7 Å². The first-order valence-electron chi connectivity index (χ1n) is 13.7. The first-order valence-corrected chi connectivity index (χ1v) is 13.7. The molecule has 11 nitrogen and oxygen atoms in total. The van der Waals surface area contributed by atoms with Crippen molar-refractivity contribution in [3.05, 3.63) is 99.0 Å². The summed E-state index contributed by atoms with van der Waals surface area (Å²) in [5.41, 5.74) is 1.59. The number of carbonyl (C=O) groups is 4. The number of amides is 2. The van der Waals surface area contributed by atoms with Crippen molar-refractivity contribution in [3.63, 3.8) is 0 Å². The van der Waals surface area contributed by atoms with E-state index in [1.54, 1.807) is 32.9 Å². The number of benzene rings is 2. The fourth-order valence-corrected chi connectivity index (χ4v) is 5.13. The van der Waals surface area contributed by atoms with Crippen molar-refractivity contribution >= 4 is 29.4 Å². The minimum atomic E-state index is -1.36. The van der Waals surface area contributed by atoms with Crippen LogP contribution in [0.15, 0.2) is 42.6 Å². The summed E-state index contributed by atoms with van der Waals surface area (Å²) in [6.45, 7) is 7.01. The van der Waals surface area contributed by atoms with Gasteiger partial charge in [0, 0.05) is 12.6 Å². The Labute approximate surface area is 250 Å². The van der Waals surface area contributed by atoms with Crippen LogP contribution in [0.4, 0.5) is 8.78 Å². The van der Waals surface area contributed by atoms with E-state index in [9.17, 15) is 33.1 Å². The molecule has 2 heterocycles. The van der Waals surface area contributed by atoms with Crippen molar-refractivity contribution in [1.29, 1.82) is 0 Å². The number of nitrogens with one attached hydrogen (secondary N) is 2. The summed E-state index contributed by atoms with van der Waals surface area (Å²) in [6, 6.07) is 7.33. The Morgan fingerprint density at radius 3 is 2.48 bits per heavy atom. The summed E-state index contributed by atoms with van der Waals surface area (Å²) in [6.07, 6.45) is 2.16. The third-order valence-corrected chi connectivity index (χ3v) is 7.22. The van der Waals surface area contributed by atoms with Gasteiger partial charge in [0.1, 0.15) is 22.6 Å². The van der Waals surface area contributed by atoms with Crippen LogP contribution in [0.3, 0.4) is 0 Å². The Balaban J connectivity index is 1.42. The number of esters is 1. The normalized spacial score (nSPS) is 14.3. The fourth-order valence-electron chi connectivity index (χ4n) is 5.13. The topological polar surface area (TPSA) is 152 Å². The van der Waals surface area contributed by atoms with Crippen LogP contribution in [-0.2, 0) is 17.7 Å². The minimum absolute atomic E-state index is 0.143. The second kappa shape index (κ2) is 11.5. The highest BCUT2D eigenvalue weighted by atomic mass is 19.2. The van der Waals surface area contributed by atoms with Crippen LogP contribution in [0.5, 0.6) is 0 Å². The Kier molecular flexibility index (Phi) is 7.89. The number of fused-ring (bicyclic) bond motifs is 2. The second-order valence-corrected chi connectivity index (χ2v) is 11.4. The molecule has 3 N–H and O–H groups in total. The SMILES string of the molecule is Cc1c(C(=O)OC(C)(C)C)ccc2c1CCC2NC(=O)c1cc(C(=O)NCc2ccc(F)c(F)c2)nc2c(C(=O)O)cnn12. The zero-order chi connectivity index (χ0) is 31.9. The van der Waals surface area contributed by atoms with Crippen LogP contribution < -0.4 is 10.6 Å². The third kappa shape index (κ3) is 5.98. The molecule has 2 amide bonds. The average Bonchev–Trinajstić information content (AvgIpc) is 3.57. The van der Waals surface area contributed by atoms with Crippen molar-refractivity contribution < 1.29 is 37.8 Å². The summed E-state index contributed by atoms with van der Waals surface area (Å²) in [4.78, 5) is 55.3. The van der Waals surface area contributed by atoms with Gasteiger partial charge in [-0.15, -0.1) is 0 Å². The molecule has 1 atom stereocenters. The molecule has 13 heteroatoms. The quantitative estimate of drug-likeness (QED) is 0.264. The molecule has 1 aliphatic rings. The molecule has 0 saturated heterocycles. The number of nitrogens with zero attached hydrogens (tertiary/aromatic N) is 3. The van der Waals surface area contributed by atoms with Crippen LogP contribution in [0.25, 0.3) is 5.65 Å². The summed E-state index contributed by atoms with van der Waals surface area (Å²) in [5.74, 6) is -5.33. The van der Waals surface area contributed by atoms with Gasteiger partial charge in [0.2, 0.25) is 0 Å². The molecule has 2 aromatic heterocycles. The van der Waals surface area contributed by atoms with Gasteiger partial charge in [-0.05, 0) is 81.0 Å². The lowest BCUT2D eigenvalue weighted by atomic mass is 9.97. The van der Waals surface area contributed by atoms with E-state index in [2.05, 4.69) is 20.7 Å². The van der Waals surface area contributed by atoms with Gasteiger partial charge in [0.25, 0.3) is 11.8 Å². The number of hydrogen-bond donors (Lipinski definition) is 3. The van der Waals surface area contributed by atoms with Gasteiger partial charge in [-0.2, -0.15) is 5.10 Å². The van der Waals surface area contributed by atoms with Gasteiger partial charge in [-0.3, -0.25) is 9.59 Å². The number of rotatable bonds is 7. The summed E-state index contributed by atoms with van der Waals surface area (Å²) < 4.78 is 33.4. The lowest BCUT2D eigenvalue weighted by molar-refractivity contribution is 0.00681. The van der Waals surface area contributed by atoms with E-state index in [4.69, 9.17) is 4.74 Å². The van der Waals surface area contributed by atoms with Crippen molar-refractivity contribution in [1.82, 2.24) is 25.2 Å². The van der Waals surface area contributed by atoms with Gasteiger partial charge in [0.05, 0.1) is 17.8 Å². The second-order valence-electron chi connectivity index (χ2n) is 11.4. The van der Waals surface area contributed by atoms with Gasteiger partial charge in [0.15, 0.2) is 17.3 Å². The Morgan fingerprint density at radius 1 is 1.05 bits per heavy atom. The average molecular weight is 606 g/mol. The molecule has 0 saturated carbocycles.